The van der Waals surface area contributed by atoms with Gasteiger partial charge in [0.1, 0.15) is 0 Å². The molecule has 0 unspecified atom stereocenters. The fourth-order valence-electron chi connectivity index (χ4n) is 0.884. The van der Waals surface area contributed by atoms with Crippen molar-refractivity contribution in [2.45, 2.75) is 19.8 Å². The van der Waals surface area contributed by atoms with Crippen molar-refractivity contribution >= 4 is 11.9 Å². The second kappa shape index (κ2) is 5.24. The van der Waals surface area contributed by atoms with E-state index in [1.54, 1.807) is 12.1 Å². The minimum atomic E-state index is -0.219. The van der Waals surface area contributed by atoms with Crippen LogP contribution in [-0.2, 0) is 0 Å². The van der Waals surface area contributed by atoms with E-state index in [2.05, 4.69) is 17.6 Å². The molecule has 1 heterocycles. The van der Waals surface area contributed by atoms with Gasteiger partial charge in [-0.1, -0.05) is 13.3 Å². The van der Waals surface area contributed by atoms with Gasteiger partial charge in [0.2, 0.25) is 5.88 Å². The average molecular weight is 182 g/mol. The fraction of sp³-hybridized carbons (Fsp3) is 0.444. The van der Waals surface area contributed by atoms with Gasteiger partial charge in [-0.3, -0.25) is 5.32 Å². The van der Waals surface area contributed by atoms with Crippen LogP contribution in [0.2, 0.25) is 0 Å². The van der Waals surface area contributed by atoms with Crippen molar-refractivity contribution in [1.82, 2.24) is 5.32 Å². The summed E-state index contributed by atoms with van der Waals surface area (Å²) in [6.07, 6.45) is 3.58. The van der Waals surface area contributed by atoms with E-state index in [0.717, 1.165) is 12.8 Å². The van der Waals surface area contributed by atoms with Gasteiger partial charge in [-0.25, -0.2) is 4.79 Å². The smallest absolute Gasteiger partial charge is 0.321 e. The number of hydrogen-bond donors (Lipinski definition) is 2. The molecular formula is C9H14N2O2. The van der Waals surface area contributed by atoms with Crippen LogP contribution in [0, 0.1) is 0 Å². The fourth-order valence-corrected chi connectivity index (χ4v) is 0.884. The molecule has 0 aliphatic heterocycles. The minimum absolute atomic E-state index is 0.219. The van der Waals surface area contributed by atoms with E-state index in [0.29, 0.717) is 12.4 Å². The molecule has 0 aliphatic rings. The van der Waals surface area contributed by atoms with Gasteiger partial charge in [0, 0.05) is 12.6 Å². The Morgan fingerprint density at radius 3 is 3.08 bits per heavy atom. The van der Waals surface area contributed by atoms with Crippen molar-refractivity contribution in [1.29, 1.82) is 0 Å². The molecule has 0 fully saturated rings. The summed E-state index contributed by atoms with van der Waals surface area (Å²) in [4.78, 5) is 11.1. The molecule has 0 radical (unpaired) electrons. The lowest BCUT2D eigenvalue weighted by Crippen LogP contribution is -2.29. The molecule has 72 valence electrons. The van der Waals surface area contributed by atoms with Gasteiger partial charge in [-0.05, 0) is 12.5 Å². The van der Waals surface area contributed by atoms with Gasteiger partial charge in [0.15, 0.2) is 0 Å². The summed E-state index contributed by atoms with van der Waals surface area (Å²) < 4.78 is 4.94. The van der Waals surface area contributed by atoms with Crippen LogP contribution >= 0.6 is 0 Å². The molecule has 0 atom stereocenters. The van der Waals surface area contributed by atoms with Gasteiger partial charge in [-0.2, -0.15) is 0 Å². The lowest BCUT2D eigenvalue weighted by molar-refractivity contribution is 0.251. The molecule has 0 aromatic carbocycles. The van der Waals surface area contributed by atoms with E-state index in [1.807, 2.05) is 0 Å². The molecule has 2 N–H and O–H groups in total. The van der Waals surface area contributed by atoms with Crippen molar-refractivity contribution < 1.29 is 9.21 Å². The Labute approximate surface area is 77.3 Å². The van der Waals surface area contributed by atoms with Crippen molar-refractivity contribution in [2.24, 2.45) is 0 Å². The summed E-state index contributed by atoms with van der Waals surface area (Å²) in [6, 6.07) is 3.20. The van der Waals surface area contributed by atoms with E-state index in [9.17, 15) is 4.79 Å². The highest BCUT2D eigenvalue weighted by Gasteiger charge is 2.00. The quantitative estimate of drug-likeness (QED) is 0.701. The van der Waals surface area contributed by atoms with Crippen LogP contribution in [0.5, 0.6) is 0 Å². The summed E-state index contributed by atoms with van der Waals surface area (Å²) in [5.74, 6) is 0.467. The molecular weight excluding hydrogens is 168 g/mol. The molecule has 2 amide bonds. The zero-order valence-electron chi connectivity index (χ0n) is 7.67. The van der Waals surface area contributed by atoms with Crippen molar-refractivity contribution in [3.05, 3.63) is 18.4 Å². The topological polar surface area (TPSA) is 54.3 Å². The standard InChI is InChI=1S/C9H14N2O2/c1-2-3-6-10-9(12)11-8-5-4-7-13-8/h4-5,7H,2-3,6H2,1H3,(H2,10,11,12). The number of rotatable bonds is 4. The summed E-state index contributed by atoms with van der Waals surface area (Å²) in [5.41, 5.74) is 0. The van der Waals surface area contributed by atoms with Gasteiger partial charge in [-0.15, -0.1) is 0 Å². The third-order valence-corrected chi connectivity index (χ3v) is 1.57. The van der Waals surface area contributed by atoms with Crippen LogP contribution in [0.4, 0.5) is 10.7 Å². The Morgan fingerprint density at radius 2 is 2.46 bits per heavy atom. The number of carbonyl (C=O) groups excluding carboxylic acids is 1. The number of carbonyl (C=O) groups is 1. The molecule has 4 heteroatoms. The number of anilines is 1. The van der Waals surface area contributed by atoms with Gasteiger partial charge in [0.05, 0.1) is 6.26 Å². The van der Waals surface area contributed by atoms with E-state index >= 15 is 0 Å². The van der Waals surface area contributed by atoms with E-state index in [1.165, 1.54) is 6.26 Å². The molecule has 1 aromatic rings. The summed E-state index contributed by atoms with van der Waals surface area (Å²) in [5, 5.41) is 5.28. The number of unbranched alkanes of at least 4 members (excludes halogenated alkanes) is 1. The summed E-state index contributed by atoms with van der Waals surface area (Å²) >= 11 is 0. The molecule has 0 bridgehead atoms. The highest BCUT2D eigenvalue weighted by molar-refractivity contribution is 5.87. The third-order valence-electron chi connectivity index (χ3n) is 1.57. The maximum atomic E-state index is 11.1. The first-order valence-electron chi connectivity index (χ1n) is 4.41. The number of hydrogen-bond acceptors (Lipinski definition) is 2. The maximum Gasteiger partial charge on any atom is 0.321 e. The Balaban J connectivity index is 2.18. The van der Waals surface area contributed by atoms with Crippen LogP contribution < -0.4 is 10.6 Å². The van der Waals surface area contributed by atoms with Crippen LogP contribution in [0.15, 0.2) is 22.8 Å². The van der Waals surface area contributed by atoms with E-state index in [-0.39, 0.29) is 6.03 Å². The number of amides is 2. The third kappa shape index (κ3) is 3.64. The lowest BCUT2D eigenvalue weighted by Gasteiger charge is -2.03. The molecule has 0 spiro atoms. The van der Waals surface area contributed by atoms with Gasteiger partial charge >= 0.3 is 6.03 Å². The summed E-state index contributed by atoms with van der Waals surface area (Å²) in [7, 11) is 0. The van der Waals surface area contributed by atoms with Crippen molar-refractivity contribution in [3.8, 4) is 0 Å². The largest absolute Gasteiger partial charge is 0.449 e. The van der Waals surface area contributed by atoms with Crippen LogP contribution in [-0.4, -0.2) is 12.6 Å². The molecule has 1 aromatic heterocycles. The predicted octanol–water partition coefficient (Wildman–Crippen LogP) is 2.20. The molecule has 0 aliphatic carbocycles. The SMILES string of the molecule is CCCCNC(=O)Nc1ccco1. The van der Waals surface area contributed by atoms with Crippen molar-refractivity contribution in [2.75, 3.05) is 11.9 Å². The second-order valence-corrected chi connectivity index (χ2v) is 2.71. The zero-order valence-corrected chi connectivity index (χ0v) is 7.67. The van der Waals surface area contributed by atoms with E-state index < -0.39 is 0 Å². The lowest BCUT2D eigenvalue weighted by atomic mass is 10.3. The number of furan rings is 1. The van der Waals surface area contributed by atoms with Crippen LogP contribution in [0.1, 0.15) is 19.8 Å². The normalized spacial score (nSPS) is 9.62. The highest BCUT2D eigenvalue weighted by atomic mass is 16.3. The number of nitrogens with one attached hydrogen (secondary N) is 2. The van der Waals surface area contributed by atoms with E-state index in [4.69, 9.17) is 4.42 Å². The Bertz CT molecular complexity index is 244. The monoisotopic (exact) mass is 182 g/mol. The maximum absolute atomic E-state index is 11.1. The Hall–Kier alpha value is -1.45. The summed E-state index contributed by atoms with van der Waals surface area (Å²) in [6.45, 7) is 2.77. The molecule has 4 nitrogen and oxygen atoms in total. The minimum Gasteiger partial charge on any atom is -0.449 e. The zero-order chi connectivity index (χ0) is 9.52. The highest BCUT2D eigenvalue weighted by Crippen LogP contribution is 2.05. The Morgan fingerprint density at radius 1 is 1.62 bits per heavy atom. The first kappa shape index (κ1) is 9.64. The predicted molar refractivity (Wildman–Crippen MR) is 50.6 cm³/mol. The first-order valence-corrected chi connectivity index (χ1v) is 4.41. The Kier molecular flexibility index (Phi) is 3.88. The molecule has 0 saturated heterocycles. The number of urea groups is 1. The average Bonchev–Trinajstić information content (AvgIpc) is 2.57. The second-order valence-electron chi connectivity index (χ2n) is 2.71. The molecule has 0 saturated carbocycles. The van der Waals surface area contributed by atoms with Crippen molar-refractivity contribution in [3.63, 3.8) is 0 Å². The van der Waals surface area contributed by atoms with Gasteiger partial charge < -0.3 is 9.73 Å². The van der Waals surface area contributed by atoms with Crippen LogP contribution in [0.3, 0.4) is 0 Å². The first-order chi connectivity index (χ1) is 6.33. The molecule has 13 heavy (non-hydrogen) atoms. The van der Waals surface area contributed by atoms with Crippen LogP contribution in [0.25, 0.3) is 0 Å². The molecule has 1 rings (SSSR count). The van der Waals surface area contributed by atoms with Gasteiger partial charge in [0.25, 0.3) is 0 Å².